The number of benzene rings is 5. The molecule has 0 amide bonds. The Balaban J connectivity index is 1.34. The fraction of sp³-hybridized carbons (Fsp3) is 0.0370. The molecule has 11 rings (SSSR count). The Bertz CT molecular complexity index is 3350. The molecule has 3 aliphatic heterocycles. The van der Waals surface area contributed by atoms with Crippen molar-refractivity contribution in [1.82, 2.24) is 9.38 Å². The van der Waals surface area contributed by atoms with Crippen molar-refractivity contribution in [1.29, 1.82) is 0 Å². The standard InChI is InChI=1S/C54H38N4Si/c1-59(2,40-26-16-7-17-27-40)35-34-41-52-51(39-24-14-6-15-25-39)47-33-32-46-49(37-20-10-4-11-21-37)44-30-28-42(55-44)48(36-18-8-3-9-19-36)43-29-31-45(56-43)50(38-22-12-5-13-23-38)53(41)57-54(52)58(46)47/h3-33,56H,1-2H3. The van der Waals surface area contributed by atoms with Crippen LogP contribution < -0.4 is 21.4 Å². The van der Waals surface area contributed by atoms with Crippen molar-refractivity contribution in [3.05, 3.63) is 244 Å². The van der Waals surface area contributed by atoms with Gasteiger partial charge in [-0.1, -0.05) is 171 Å². The molecule has 6 heterocycles. The lowest BCUT2D eigenvalue weighted by Crippen LogP contribution is -2.39. The van der Waals surface area contributed by atoms with Gasteiger partial charge in [0.2, 0.25) is 0 Å². The number of H-pyrrole nitrogens is 1. The Hall–Kier alpha value is -7.52. The summed E-state index contributed by atoms with van der Waals surface area (Å²) in [7, 11) is -2.23. The third kappa shape index (κ3) is 5.76. The van der Waals surface area contributed by atoms with Crippen LogP contribution in [0.5, 0.6) is 0 Å². The number of aliphatic imine (C=N–C) groups is 1. The van der Waals surface area contributed by atoms with Crippen LogP contribution in [0, 0.1) is 11.5 Å². The van der Waals surface area contributed by atoms with Crippen LogP contribution in [-0.4, -0.2) is 23.2 Å². The van der Waals surface area contributed by atoms with E-state index in [-0.39, 0.29) is 0 Å². The number of hydrogen-bond acceptors (Lipinski definition) is 2. The monoisotopic (exact) mass is 770 g/mol. The maximum atomic E-state index is 5.78. The van der Waals surface area contributed by atoms with Gasteiger partial charge in [-0.15, -0.1) is 5.54 Å². The summed E-state index contributed by atoms with van der Waals surface area (Å²) in [5.41, 5.74) is 20.2. The summed E-state index contributed by atoms with van der Waals surface area (Å²) in [6, 6.07) is 62.2. The average Bonchev–Trinajstić information content (AvgIpc) is 4.13. The van der Waals surface area contributed by atoms with Gasteiger partial charge in [0.05, 0.1) is 33.9 Å². The van der Waals surface area contributed by atoms with Crippen molar-refractivity contribution in [2.24, 2.45) is 9.98 Å². The highest BCUT2D eigenvalue weighted by Gasteiger charge is 2.32. The number of aromatic amines is 1. The van der Waals surface area contributed by atoms with E-state index < -0.39 is 8.07 Å². The van der Waals surface area contributed by atoms with E-state index in [1.54, 1.807) is 0 Å². The topological polar surface area (TPSA) is 44.9 Å². The van der Waals surface area contributed by atoms with E-state index in [0.29, 0.717) is 0 Å². The predicted molar refractivity (Wildman–Crippen MR) is 245 cm³/mol. The fourth-order valence-corrected chi connectivity index (χ4v) is 10.4. The van der Waals surface area contributed by atoms with E-state index in [9.17, 15) is 0 Å². The molecule has 0 atom stereocenters. The minimum atomic E-state index is -2.23. The van der Waals surface area contributed by atoms with E-state index in [1.165, 1.54) is 5.19 Å². The summed E-state index contributed by atoms with van der Waals surface area (Å²) < 4.78 is 2.36. The van der Waals surface area contributed by atoms with E-state index in [4.69, 9.17) is 9.98 Å². The van der Waals surface area contributed by atoms with Gasteiger partial charge in [-0.05, 0) is 63.9 Å². The lowest BCUT2D eigenvalue weighted by molar-refractivity contribution is 1.06. The molecule has 5 heteroatoms. The largest absolute Gasteiger partial charge is 0.354 e. The molecule has 1 N–H and O–H groups in total. The number of hydrogen-bond donors (Lipinski definition) is 1. The van der Waals surface area contributed by atoms with Crippen molar-refractivity contribution in [2.45, 2.75) is 13.1 Å². The summed E-state index contributed by atoms with van der Waals surface area (Å²) in [6.45, 7) is 4.68. The first-order chi connectivity index (χ1) is 29.0. The Kier molecular flexibility index (Phi) is 8.14. The van der Waals surface area contributed by atoms with Crippen LogP contribution in [0.1, 0.15) is 27.9 Å². The van der Waals surface area contributed by atoms with Gasteiger partial charge in [-0.25, -0.2) is 9.98 Å². The van der Waals surface area contributed by atoms with Crippen LogP contribution in [0.15, 0.2) is 209 Å². The molecule has 0 radical (unpaired) electrons. The second-order valence-corrected chi connectivity index (χ2v) is 19.8. The minimum Gasteiger partial charge on any atom is -0.354 e. The molecule has 0 saturated carbocycles. The highest BCUT2D eigenvalue weighted by molar-refractivity contribution is 6.96. The Morgan fingerprint density at radius 3 is 1.68 bits per heavy atom. The zero-order chi connectivity index (χ0) is 39.5. The number of nitrogens with zero attached hydrogens (tertiary/aromatic N) is 3. The van der Waals surface area contributed by atoms with Crippen molar-refractivity contribution >= 4 is 46.8 Å². The van der Waals surface area contributed by atoms with E-state index >= 15 is 0 Å². The van der Waals surface area contributed by atoms with Gasteiger partial charge >= 0.3 is 0 Å². The van der Waals surface area contributed by atoms with Gasteiger partial charge in [-0.3, -0.25) is 4.40 Å². The van der Waals surface area contributed by atoms with Crippen LogP contribution in [0.3, 0.4) is 0 Å². The Morgan fingerprint density at radius 1 is 0.508 bits per heavy atom. The summed E-state index contributed by atoms with van der Waals surface area (Å²) in [6.07, 6.45) is 4.33. The van der Waals surface area contributed by atoms with Gasteiger partial charge in [0.25, 0.3) is 0 Å². The summed E-state index contributed by atoms with van der Waals surface area (Å²) in [5, 5.41) is 3.25. The van der Waals surface area contributed by atoms with Gasteiger partial charge in [0.15, 0.2) is 8.07 Å². The van der Waals surface area contributed by atoms with Gasteiger partial charge in [-0.2, -0.15) is 0 Å². The van der Waals surface area contributed by atoms with Crippen LogP contribution in [0.2, 0.25) is 13.1 Å². The van der Waals surface area contributed by atoms with Gasteiger partial charge in [0, 0.05) is 38.5 Å². The molecule has 8 aromatic rings. The van der Waals surface area contributed by atoms with Crippen LogP contribution in [0.25, 0.3) is 38.9 Å². The van der Waals surface area contributed by atoms with E-state index in [1.807, 2.05) is 0 Å². The molecular weight excluding hydrogens is 733 g/mol. The normalized spacial score (nSPS) is 14.4. The van der Waals surface area contributed by atoms with Crippen LogP contribution >= 0.6 is 0 Å². The lowest BCUT2D eigenvalue weighted by Gasteiger charge is -2.15. The molecule has 4 nitrogen and oxygen atoms in total. The van der Waals surface area contributed by atoms with Gasteiger partial charge in [0.1, 0.15) is 5.49 Å². The average molecular weight is 771 g/mol. The highest BCUT2D eigenvalue weighted by Crippen LogP contribution is 2.42. The molecule has 0 unspecified atom stereocenters. The third-order valence-electron chi connectivity index (χ3n) is 11.6. The third-order valence-corrected chi connectivity index (χ3v) is 14.2. The van der Waals surface area contributed by atoms with E-state index in [2.05, 4.69) is 222 Å². The van der Waals surface area contributed by atoms with Crippen LogP contribution in [-0.2, 0) is 0 Å². The van der Waals surface area contributed by atoms with Crippen LogP contribution in [0.4, 0.5) is 0 Å². The molecule has 59 heavy (non-hydrogen) atoms. The minimum absolute atomic E-state index is 0.865. The fourth-order valence-electron chi connectivity index (χ4n) is 8.81. The molecule has 278 valence electrons. The molecule has 0 saturated heterocycles. The molecule has 6 bridgehead atoms. The SMILES string of the molecule is C[Si](C)(C#CC1=C2N=c3c1c(-c1ccccc1)c1ccc(n31)C(c1ccccc1)=C1C=CC(=N1)C(c1ccccc1)=c1ccc([nH]1)=C2c1ccccc1)c1ccccc1. The Morgan fingerprint density at radius 2 is 1.05 bits per heavy atom. The van der Waals surface area contributed by atoms with E-state index in [0.717, 1.165) is 100 Å². The molecular formula is C54H38N4Si. The maximum Gasteiger partial charge on any atom is 0.163 e. The number of rotatable bonds is 5. The first-order valence-electron chi connectivity index (χ1n) is 20.1. The molecule has 0 aliphatic carbocycles. The van der Waals surface area contributed by atoms with Crippen molar-refractivity contribution < 1.29 is 0 Å². The zero-order valence-corrected chi connectivity index (χ0v) is 33.7. The molecule has 5 aromatic carbocycles. The maximum absolute atomic E-state index is 5.78. The van der Waals surface area contributed by atoms with Crippen molar-refractivity contribution in [3.8, 4) is 22.6 Å². The summed E-state index contributed by atoms with van der Waals surface area (Å²) in [5.74, 6) is 3.90. The van der Waals surface area contributed by atoms with Gasteiger partial charge < -0.3 is 4.98 Å². The molecule has 3 aromatic heterocycles. The smallest absolute Gasteiger partial charge is 0.163 e. The number of nitrogens with one attached hydrogen (secondary N) is 1. The van der Waals surface area contributed by atoms with Crippen molar-refractivity contribution in [3.63, 3.8) is 0 Å². The second kappa shape index (κ2) is 13.8. The molecule has 0 spiro atoms. The summed E-state index contributed by atoms with van der Waals surface area (Å²) in [4.78, 5) is 15.2. The first kappa shape index (κ1) is 34.7. The van der Waals surface area contributed by atoms with Crippen molar-refractivity contribution in [2.75, 3.05) is 0 Å². The molecule has 0 fully saturated rings. The molecule has 3 aliphatic rings. The number of allylic oxidation sites excluding steroid dienone is 4. The highest BCUT2D eigenvalue weighted by atomic mass is 28.3. The number of fused-ring (bicyclic) bond motifs is 4. The quantitative estimate of drug-likeness (QED) is 0.134. The zero-order valence-electron chi connectivity index (χ0n) is 32.7. The second-order valence-electron chi connectivity index (χ2n) is 15.7. The predicted octanol–water partition coefficient (Wildman–Crippen LogP) is 9.04. The Labute approximate surface area is 344 Å². The number of aromatic nitrogens is 2. The lowest BCUT2D eigenvalue weighted by atomic mass is 9.94. The first-order valence-corrected chi connectivity index (χ1v) is 23.1. The summed E-state index contributed by atoms with van der Waals surface area (Å²) >= 11 is 0.